The number of halogens is 4. The molecule has 0 aliphatic heterocycles. The SMILES string of the molecule is O=C1C(=O)c2c(F)cc(F)cc2/C1=C/c1cc2c(s1)-c1sc3cc(/C=C4\C(=O)C(O)c5c(F)cc(F)cc54)sc3c1C2(C(=O)OCc1ccccc1)C(=O)OCc1ccccc1. The second-order valence-corrected chi connectivity index (χ2v) is 17.8. The van der Waals surface area contributed by atoms with E-state index < -0.39 is 69.6 Å². The van der Waals surface area contributed by atoms with Crippen LogP contribution in [0.1, 0.15) is 65.2 Å². The third kappa shape index (κ3) is 6.06. The maximum Gasteiger partial charge on any atom is 0.333 e. The highest BCUT2D eigenvalue weighted by Crippen LogP contribution is 2.61. The number of rotatable bonds is 8. The molecule has 1 N–H and O–H groups in total. The van der Waals surface area contributed by atoms with Gasteiger partial charge in [-0.05, 0) is 53.1 Å². The Morgan fingerprint density at radius 1 is 0.661 bits per heavy atom. The number of allylic oxidation sites excluding steroid dienone is 1. The van der Waals surface area contributed by atoms with Crippen molar-refractivity contribution in [1.29, 1.82) is 0 Å². The van der Waals surface area contributed by atoms with E-state index in [1.165, 1.54) is 29.6 Å². The fourth-order valence-corrected chi connectivity index (χ4v) is 12.2. The fraction of sp³-hybridized carbons (Fsp3) is 0.0851. The van der Waals surface area contributed by atoms with Crippen LogP contribution in [0.15, 0.2) is 97.1 Å². The summed E-state index contributed by atoms with van der Waals surface area (Å²) in [6.07, 6.45) is 0.833. The van der Waals surface area contributed by atoms with Gasteiger partial charge in [0.15, 0.2) is 5.78 Å². The van der Waals surface area contributed by atoms with E-state index in [0.717, 1.165) is 34.8 Å². The van der Waals surface area contributed by atoms with Crippen LogP contribution in [0.3, 0.4) is 0 Å². The number of aliphatic hydroxyl groups is 1. The number of fused-ring (bicyclic) bond motifs is 7. The highest BCUT2D eigenvalue weighted by Gasteiger charge is 2.61. The van der Waals surface area contributed by atoms with Gasteiger partial charge in [0, 0.05) is 60.0 Å². The van der Waals surface area contributed by atoms with Gasteiger partial charge in [0.1, 0.15) is 42.6 Å². The number of carbonyl (C=O) groups excluding carboxylic acids is 5. The normalized spacial score (nSPS) is 17.2. The molecule has 4 aromatic carbocycles. The van der Waals surface area contributed by atoms with E-state index in [9.17, 15) is 37.1 Å². The first-order valence-corrected chi connectivity index (χ1v) is 21.2. The Bertz CT molecular complexity index is 3140. The Morgan fingerprint density at radius 2 is 1.24 bits per heavy atom. The average molecular weight is 889 g/mol. The van der Waals surface area contributed by atoms with E-state index >= 15 is 9.59 Å². The summed E-state index contributed by atoms with van der Waals surface area (Å²) in [6, 6.07) is 23.6. The minimum absolute atomic E-state index is 0.107. The van der Waals surface area contributed by atoms with Gasteiger partial charge < -0.3 is 14.6 Å². The van der Waals surface area contributed by atoms with Crippen LogP contribution in [0.5, 0.6) is 0 Å². The van der Waals surface area contributed by atoms with Gasteiger partial charge in [-0.1, -0.05) is 60.7 Å². The molecule has 7 aromatic rings. The Hall–Kier alpha value is -6.65. The molecular weight excluding hydrogens is 865 g/mol. The second-order valence-electron chi connectivity index (χ2n) is 14.6. The third-order valence-electron chi connectivity index (χ3n) is 10.9. The molecule has 1 atom stereocenters. The van der Waals surface area contributed by atoms with Crippen LogP contribution in [0.4, 0.5) is 17.6 Å². The van der Waals surface area contributed by atoms with Crippen LogP contribution < -0.4 is 0 Å². The van der Waals surface area contributed by atoms with Crippen molar-refractivity contribution < 1.29 is 56.1 Å². The van der Waals surface area contributed by atoms with Gasteiger partial charge >= 0.3 is 11.9 Å². The minimum Gasteiger partial charge on any atom is -0.459 e. The molecule has 1 unspecified atom stereocenters. The van der Waals surface area contributed by atoms with Crippen molar-refractivity contribution in [3.05, 3.63) is 175 Å². The van der Waals surface area contributed by atoms with Gasteiger partial charge in [0.25, 0.3) is 0 Å². The van der Waals surface area contributed by atoms with Crippen LogP contribution in [-0.4, -0.2) is 34.4 Å². The van der Waals surface area contributed by atoms with Crippen molar-refractivity contribution >= 4 is 96.0 Å². The lowest BCUT2D eigenvalue weighted by atomic mass is 9.79. The Kier molecular flexibility index (Phi) is 9.40. The van der Waals surface area contributed by atoms with Crippen molar-refractivity contribution in [2.45, 2.75) is 24.7 Å². The molecule has 8 nitrogen and oxygen atoms in total. The van der Waals surface area contributed by atoms with E-state index in [2.05, 4.69) is 0 Å². The molecule has 0 radical (unpaired) electrons. The summed E-state index contributed by atoms with van der Waals surface area (Å²) >= 11 is 3.35. The first kappa shape index (κ1) is 39.5. The Balaban J connectivity index is 1.17. The summed E-state index contributed by atoms with van der Waals surface area (Å²) in [5.41, 5.74) is -2.37. The Morgan fingerprint density at radius 3 is 1.89 bits per heavy atom. The molecule has 0 saturated carbocycles. The van der Waals surface area contributed by atoms with Crippen LogP contribution >= 0.6 is 34.0 Å². The fourth-order valence-electron chi connectivity index (χ4n) is 8.16. The maximum atomic E-state index is 15.1. The highest BCUT2D eigenvalue weighted by atomic mass is 32.1. The van der Waals surface area contributed by atoms with Gasteiger partial charge in [-0.15, -0.1) is 34.0 Å². The van der Waals surface area contributed by atoms with Crippen LogP contribution in [-0.2, 0) is 47.3 Å². The zero-order valence-electron chi connectivity index (χ0n) is 31.4. The molecule has 62 heavy (non-hydrogen) atoms. The molecule has 3 aromatic heterocycles. The van der Waals surface area contributed by atoms with Gasteiger partial charge in [-0.3, -0.25) is 24.0 Å². The number of benzene rings is 4. The number of ketones is 3. The topological polar surface area (TPSA) is 124 Å². The molecule has 10 rings (SSSR count). The van der Waals surface area contributed by atoms with E-state index in [0.29, 0.717) is 47.3 Å². The molecule has 0 bridgehead atoms. The number of carbonyl (C=O) groups is 5. The molecule has 306 valence electrons. The van der Waals surface area contributed by atoms with Gasteiger partial charge in [0.05, 0.1) is 20.0 Å². The van der Waals surface area contributed by atoms with Crippen LogP contribution in [0.2, 0.25) is 0 Å². The zero-order valence-corrected chi connectivity index (χ0v) is 33.9. The van der Waals surface area contributed by atoms with Crippen molar-refractivity contribution in [1.82, 2.24) is 0 Å². The summed E-state index contributed by atoms with van der Waals surface area (Å²) in [5, 5.41) is 10.6. The van der Waals surface area contributed by atoms with Crippen molar-refractivity contribution in [2.24, 2.45) is 0 Å². The van der Waals surface area contributed by atoms with E-state index in [1.54, 1.807) is 66.7 Å². The first-order chi connectivity index (χ1) is 29.8. The van der Waals surface area contributed by atoms with Crippen LogP contribution in [0.25, 0.3) is 42.5 Å². The van der Waals surface area contributed by atoms with E-state index in [4.69, 9.17) is 9.47 Å². The standard InChI is InChI=1S/C47H24F4O8S3/c48-23-11-27-29(38(52)40(54)35(27)32(50)13-23)15-25-17-31-42(60-25)44-37(43-34(62-44)18-26(61-43)16-30-28-12-24(49)14-33(51)36(28)41(55)39(30)53)47(31,45(56)58-19-21-7-3-1-4-8-21)46(57)59-20-22-9-5-2-6-10-22/h1-18,41,55H,19-20H2/b29-15-,30-16-. The highest BCUT2D eigenvalue weighted by molar-refractivity contribution is 7.32. The zero-order chi connectivity index (χ0) is 43.2. The predicted octanol–water partition coefficient (Wildman–Crippen LogP) is 9.80. The summed E-state index contributed by atoms with van der Waals surface area (Å²) in [4.78, 5) is 71.0. The molecule has 0 fully saturated rings. The molecule has 0 saturated heterocycles. The largest absolute Gasteiger partial charge is 0.459 e. The average Bonchev–Trinajstić information content (AvgIpc) is 4.07. The summed E-state index contributed by atoms with van der Waals surface area (Å²) in [7, 11) is 0. The molecule has 3 heterocycles. The quantitative estimate of drug-likeness (QED) is 0.0526. The smallest absolute Gasteiger partial charge is 0.333 e. The summed E-state index contributed by atoms with van der Waals surface area (Å²) in [5.74, 6) is -9.25. The van der Waals surface area contributed by atoms with Crippen molar-refractivity contribution in [3.63, 3.8) is 0 Å². The van der Waals surface area contributed by atoms with Gasteiger partial charge in [-0.25, -0.2) is 17.6 Å². The van der Waals surface area contributed by atoms with E-state index in [1.807, 2.05) is 0 Å². The number of hydrogen-bond acceptors (Lipinski definition) is 11. The number of Topliss-reactive ketones (excluding diaryl/α,β-unsaturated/α-hetero) is 3. The summed E-state index contributed by atoms with van der Waals surface area (Å²) in [6.45, 7) is -0.481. The monoisotopic (exact) mass is 888 g/mol. The lowest BCUT2D eigenvalue weighted by Crippen LogP contribution is -2.45. The predicted molar refractivity (Wildman–Crippen MR) is 224 cm³/mol. The number of esters is 2. The van der Waals surface area contributed by atoms with E-state index in [-0.39, 0.29) is 57.1 Å². The second kappa shape index (κ2) is 14.8. The minimum atomic E-state index is -2.31. The van der Waals surface area contributed by atoms with Crippen LogP contribution in [0, 0.1) is 23.3 Å². The molecule has 0 spiro atoms. The number of hydrogen-bond donors (Lipinski definition) is 1. The lowest BCUT2D eigenvalue weighted by Gasteiger charge is -2.26. The lowest BCUT2D eigenvalue weighted by molar-refractivity contribution is -0.164. The third-order valence-corrected chi connectivity index (χ3v) is 14.5. The molecule has 15 heteroatoms. The Labute approximate surface area is 359 Å². The molecular formula is C47H24F4O8S3. The van der Waals surface area contributed by atoms with Gasteiger partial charge in [-0.2, -0.15) is 0 Å². The van der Waals surface area contributed by atoms with Crippen molar-refractivity contribution in [3.8, 4) is 9.75 Å². The number of ether oxygens (including phenoxy) is 2. The van der Waals surface area contributed by atoms with Crippen molar-refractivity contribution in [2.75, 3.05) is 0 Å². The number of thiophene rings is 3. The number of aliphatic hydroxyl groups excluding tert-OH is 1. The maximum absolute atomic E-state index is 15.1. The molecule has 3 aliphatic rings. The molecule has 3 aliphatic carbocycles. The van der Waals surface area contributed by atoms with Gasteiger partial charge in [0.2, 0.25) is 17.0 Å². The summed E-state index contributed by atoms with van der Waals surface area (Å²) < 4.78 is 71.4. The molecule has 0 amide bonds. The first-order valence-electron chi connectivity index (χ1n) is 18.7.